The van der Waals surface area contributed by atoms with Crippen LogP contribution in [0.1, 0.15) is 12.8 Å². The molecule has 3 heteroatoms. The highest BCUT2D eigenvalue weighted by atomic mass is 19.1. The van der Waals surface area contributed by atoms with Gasteiger partial charge in [0.1, 0.15) is 17.4 Å². The van der Waals surface area contributed by atoms with Crippen LogP contribution in [-0.2, 0) is 9.53 Å². The average Bonchev–Trinajstić information content (AvgIpc) is 2.07. The minimum atomic E-state index is -0.344. The summed E-state index contributed by atoms with van der Waals surface area (Å²) in [6.45, 7) is 0.441. The molecule has 0 amide bonds. The maximum absolute atomic E-state index is 12.7. The average molecular weight is 168 g/mol. The number of rotatable bonds is 0. The Morgan fingerprint density at radius 3 is 3.17 bits per heavy atom. The van der Waals surface area contributed by atoms with Gasteiger partial charge < -0.3 is 4.74 Å². The molecule has 1 unspecified atom stereocenters. The van der Waals surface area contributed by atoms with Gasteiger partial charge in [-0.25, -0.2) is 4.39 Å². The highest BCUT2D eigenvalue weighted by Gasteiger charge is 2.30. The summed E-state index contributed by atoms with van der Waals surface area (Å²) in [5, 5.41) is 0. The van der Waals surface area contributed by atoms with Crippen LogP contribution in [-0.4, -0.2) is 12.4 Å². The topological polar surface area (TPSA) is 26.3 Å². The third kappa shape index (κ3) is 1.15. The van der Waals surface area contributed by atoms with Gasteiger partial charge in [0.2, 0.25) is 0 Å². The number of hydrogen-bond acceptors (Lipinski definition) is 2. The predicted molar refractivity (Wildman–Crippen MR) is 41.0 cm³/mol. The fraction of sp³-hybridized carbons (Fsp3) is 0.444. The minimum Gasteiger partial charge on any atom is -0.497 e. The van der Waals surface area contributed by atoms with Gasteiger partial charge in [0.15, 0.2) is 0 Å². The summed E-state index contributed by atoms with van der Waals surface area (Å²) < 4.78 is 18.0. The van der Waals surface area contributed by atoms with E-state index in [1.54, 1.807) is 6.08 Å². The summed E-state index contributed by atoms with van der Waals surface area (Å²) in [6.07, 6.45) is 3.52. The van der Waals surface area contributed by atoms with Crippen LogP contribution >= 0.6 is 0 Å². The van der Waals surface area contributed by atoms with Gasteiger partial charge in [-0.05, 0) is 12.2 Å². The van der Waals surface area contributed by atoms with Crippen molar-refractivity contribution < 1.29 is 13.9 Å². The van der Waals surface area contributed by atoms with E-state index in [1.165, 1.54) is 6.08 Å². The van der Waals surface area contributed by atoms with E-state index >= 15 is 0 Å². The largest absolute Gasteiger partial charge is 0.497 e. The highest BCUT2D eigenvalue weighted by molar-refractivity contribution is 5.84. The smallest absolute Gasteiger partial charge is 0.147 e. The Morgan fingerprint density at radius 1 is 1.50 bits per heavy atom. The Balaban J connectivity index is 2.26. The Morgan fingerprint density at radius 2 is 2.33 bits per heavy atom. The molecular formula is C9H9FO2. The van der Waals surface area contributed by atoms with Crippen LogP contribution in [0.25, 0.3) is 0 Å². The Bertz CT molecular complexity index is 278. The monoisotopic (exact) mass is 168 g/mol. The normalized spacial score (nSPS) is 28.4. The molecule has 64 valence electrons. The number of Topliss-reactive ketones (excluding diaryl/α,β-unsaturated/α-hetero) is 1. The van der Waals surface area contributed by atoms with E-state index in [1.807, 2.05) is 0 Å². The van der Waals surface area contributed by atoms with Crippen molar-refractivity contribution in [3.8, 4) is 0 Å². The zero-order valence-corrected chi connectivity index (χ0v) is 6.55. The molecule has 2 rings (SSSR count). The van der Waals surface area contributed by atoms with E-state index in [0.29, 0.717) is 18.8 Å². The lowest BCUT2D eigenvalue weighted by atomic mass is 9.90. The van der Waals surface area contributed by atoms with Crippen molar-refractivity contribution in [1.29, 1.82) is 0 Å². The molecule has 1 atom stereocenters. The highest BCUT2D eigenvalue weighted by Crippen LogP contribution is 2.31. The van der Waals surface area contributed by atoms with Crippen molar-refractivity contribution in [3.63, 3.8) is 0 Å². The molecule has 0 saturated carbocycles. The van der Waals surface area contributed by atoms with E-state index in [0.717, 1.165) is 0 Å². The molecule has 0 spiro atoms. The second kappa shape index (κ2) is 2.73. The molecule has 1 aliphatic heterocycles. The van der Waals surface area contributed by atoms with Crippen LogP contribution < -0.4 is 0 Å². The molecular weight excluding hydrogens is 159 g/mol. The lowest BCUT2D eigenvalue weighted by molar-refractivity contribution is -0.126. The molecule has 1 fully saturated rings. The molecule has 2 aliphatic rings. The lowest BCUT2D eigenvalue weighted by Crippen LogP contribution is -2.27. The number of allylic oxidation sites excluding steroid dienone is 4. The zero-order valence-electron chi connectivity index (χ0n) is 6.55. The zero-order chi connectivity index (χ0) is 8.55. The first-order valence-electron chi connectivity index (χ1n) is 3.99. The fourth-order valence-corrected chi connectivity index (χ4v) is 1.52. The SMILES string of the molecule is O=C1CCOC2=CC=C(F)CC12. The van der Waals surface area contributed by atoms with E-state index in [9.17, 15) is 9.18 Å². The Kier molecular flexibility index (Phi) is 1.71. The van der Waals surface area contributed by atoms with Crippen molar-refractivity contribution in [2.75, 3.05) is 6.61 Å². The molecule has 0 N–H and O–H groups in total. The van der Waals surface area contributed by atoms with Crippen molar-refractivity contribution in [2.24, 2.45) is 5.92 Å². The van der Waals surface area contributed by atoms with Crippen molar-refractivity contribution in [1.82, 2.24) is 0 Å². The predicted octanol–water partition coefficient (Wildman–Crippen LogP) is 1.73. The van der Waals surface area contributed by atoms with Crippen molar-refractivity contribution >= 4 is 5.78 Å². The number of hydrogen-bond donors (Lipinski definition) is 0. The molecule has 0 bridgehead atoms. The Labute approximate surface area is 69.7 Å². The molecule has 0 radical (unpaired) electrons. The van der Waals surface area contributed by atoms with Crippen LogP contribution in [0, 0.1) is 5.92 Å². The van der Waals surface area contributed by atoms with E-state index in [4.69, 9.17) is 4.74 Å². The maximum Gasteiger partial charge on any atom is 0.147 e. The molecule has 0 aromatic heterocycles. The molecule has 1 aliphatic carbocycles. The third-order valence-corrected chi connectivity index (χ3v) is 2.18. The van der Waals surface area contributed by atoms with Gasteiger partial charge in [-0.2, -0.15) is 0 Å². The van der Waals surface area contributed by atoms with Crippen LogP contribution in [0.4, 0.5) is 4.39 Å². The summed E-state index contributed by atoms with van der Waals surface area (Å²) in [6, 6.07) is 0. The summed E-state index contributed by atoms with van der Waals surface area (Å²) >= 11 is 0. The second-order valence-electron chi connectivity index (χ2n) is 3.00. The van der Waals surface area contributed by atoms with Crippen LogP contribution in [0.2, 0.25) is 0 Å². The number of carbonyl (C=O) groups excluding carboxylic acids is 1. The van der Waals surface area contributed by atoms with Crippen LogP contribution in [0.3, 0.4) is 0 Å². The molecule has 0 aromatic rings. The fourth-order valence-electron chi connectivity index (χ4n) is 1.52. The number of carbonyl (C=O) groups is 1. The third-order valence-electron chi connectivity index (χ3n) is 2.18. The number of halogens is 1. The molecule has 2 nitrogen and oxygen atoms in total. The van der Waals surface area contributed by atoms with Gasteiger partial charge in [0.25, 0.3) is 0 Å². The number of fused-ring (bicyclic) bond motifs is 1. The van der Waals surface area contributed by atoms with Gasteiger partial charge in [-0.15, -0.1) is 0 Å². The minimum absolute atomic E-state index is 0.0933. The summed E-state index contributed by atoms with van der Waals surface area (Å²) in [4.78, 5) is 11.3. The van der Waals surface area contributed by atoms with E-state index in [2.05, 4.69) is 0 Å². The van der Waals surface area contributed by atoms with E-state index < -0.39 is 0 Å². The summed E-state index contributed by atoms with van der Waals surface area (Å²) in [5.74, 6) is 0.148. The van der Waals surface area contributed by atoms with Gasteiger partial charge in [0, 0.05) is 12.8 Å². The van der Waals surface area contributed by atoms with Crippen molar-refractivity contribution in [3.05, 3.63) is 23.7 Å². The molecule has 1 saturated heterocycles. The molecule has 1 heterocycles. The standard InChI is InChI=1S/C9H9FO2/c10-6-1-2-9-7(5-6)8(11)3-4-12-9/h1-2,7H,3-5H2. The van der Waals surface area contributed by atoms with Crippen LogP contribution in [0.15, 0.2) is 23.7 Å². The lowest BCUT2D eigenvalue weighted by Gasteiger charge is -2.26. The first-order valence-corrected chi connectivity index (χ1v) is 3.99. The first kappa shape index (κ1) is 7.53. The Hall–Kier alpha value is -1.12. The first-order chi connectivity index (χ1) is 5.77. The molecule has 0 aromatic carbocycles. The van der Waals surface area contributed by atoms with Gasteiger partial charge in [-0.3, -0.25) is 4.79 Å². The summed E-state index contributed by atoms with van der Waals surface area (Å²) in [7, 11) is 0. The maximum atomic E-state index is 12.7. The quantitative estimate of drug-likeness (QED) is 0.550. The van der Waals surface area contributed by atoms with Gasteiger partial charge >= 0.3 is 0 Å². The van der Waals surface area contributed by atoms with Crippen molar-refractivity contribution in [2.45, 2.75) is 12.8 Å². The molecule has 12 heavy (non-hydrogen) atoms. The second-order valence-corrected chi connectivity index (χ2v) is 3.00. The van der Waals surface area contributed by atoms with Gasteiger partial charge in [0.05, 0.1) is 12.5 Å². The van der Waals surface area contributed by atoms with Crippen LogP contribution in [0.5, 0.6) is 0 Å². The van der Waals surface area contributed by atoms with Gasteiger partial charge in [-0.1, -0.05) is 0 Å². The number of ether oxygens (including phenoxy) is 1. The summed E-state index contributed by atoms with van der Waals surface area (Å²) in [5.41, 5.74) is 0. The number of ketones is 1. The van der Waals surface area contributed by atoms with E-state index in [-0.39, 0.29) is 23.9 Å².